The summed E-state index contributed by atoms with van der Waals surface area (Å²) in [6, 6.07) is 46.3. The zero-order chi connectivity index (χ0) is 97.1. The van der Waals surface area contributed by atoms with Crippen LogP contribution in [-0.4, -0.2) is 140 Å². The van der Waals surface area contributed by atoms with Gasteiger partial charge in [-0.15, -0.1) is 0 Å². The number of carbonyl (C=O) groups is 4. The van der Waals surface area contributed by atoms with Crippen molar-refractivity contribution in [3.05, 3.63) is 303 Å². The molecule has 706 valence electrons. The van der Waals surface area contributed by atoms with Crippen molar-refractivity contribution in [1.29, 1.82) is 0 Å². The Kier molecular flexibility index (Phi) is 39.2. The van der Waals surface area contributed by atoms with Gasteiger partial charge < -0.3 is 84.0 Å². The highest BCUT2D eigenvalue weighted by Gasteiger charge is 2.27. The molecule has 36 heteroatoms. The Balaban J connectivity index is 0.000000185. The van der Waals surface area contributed by atoms with Crippen LogP contribution in [0, 0.1) is 23.3 Å². The van der Waals surface area contributed by atoms with Crippen LogP contribution in [0.15, 0.2) is 195 Å². The molecule has 4 atom stereocenters. The molecule has 1 aliphatic rings. The molecule has 1 aliphatic heterocycles. The number of benzene rings is 8. The van der Waals surface area contributed by atoms with E-state index in [0.717, 1.165) is 96.4 Å². The van der Waals surface area contributed by atoms with Gasteiger partial charge in [-0.3, -0.25) is 19.2 Å². The van der Waals surface area contributed by atoms with E-state index in [-0.39, 0.29) is 83.1 Å². The number of nitrogen functional groups attached to an aromatic ring is 4. The summed E-state index contributed by atoms with van der Waals surface area (Å²) in [6.45, 7) is 12.7. The van der Waals surface area contributed by atoms with Gasteiger partial charge in [-0.2, -0.15) is 0 Å². The first-order valence-corrected chi connectivity index (χ1v) is 45.5. The third kappa shape index (κ3) is 28.6. The molecule has 5 heterocycles. The summed E-state index contributed by atoms with van der Waals surface area (Å²) < 4.78 is 79.5. The fraction of sp³-hybridized carbons (Fsp3) is 0.265. The number of rotatable bonds is 32. The Bertz CT molecular complexity index is 6060. The average Bonchev–Trinajstić information content (AvgIpc) is 0.818. The smallest absolute Gasteiger partial charge is 0.253 e. The lowest BCUT2D eigenvalue weighted by molar-refractivity contribution is 0.0789. The topological polar surface area (TPSA) is 353 Å². The summed E-state index contributed by atoms with van der Waals surface area (Å²) in [5.41, 5.74) is 39.3. The zero-order valence-corrected chi connectivity index (χ0v) is 80.5. The van der Waals surface area contributed by atoms with Crippen LogP contribution in [0.4, 0.5) is 40.8 Å². The van der Waals surface area contributed by atoms with Crippen LogP contribution in [0.1, 0.15) is 148 Å². The van der Waals surface area contributed by atoms with E-state index in [1.165, 1.54) is 48.5 Å². The summed E-state index contributed by atoms with van der Waals surface area (Å²) in [5.74, 6) is -0.829. The number of nitrogens with two attached hydrogens (primary N) is 5. The Morgan fingerprint density at radius 3 is 0.985 bits per heavy atom. The van der Waals surface area contributed by atoms with E-state index < -0.39 is 47.7 Å². The Morgan fingerprint density at radius 1 is 0.403 bits per heavy atom. The first kappa shape index (κ1) is 105. The summed E-state index contributed by atoms with van der Waals surface area (Å²) in [5, 5.41) is 15.9. The molecule has 12 aromatic rings. The summed E-state index contributed by atoms with van der Waals surface area (Å²) in [7, 11) is 7.69. The molecule has 0 saturated carbocycles. The number of aromatic nitrogens is 4. The summed E-state index contributed by atoms with van der Waals surface area (Å²) in [4.78, 5) is 70.4. The van der Waals surface area contributed by atoms with Crippen LogP contribution < -0.4 is 74.2 Å². The van der Waals surface area contributed by atoms with Crippen LogP contribution in [0.3, 0.4) is 0 Å². The number of anilines is 4. The molecular weight excluding hydrogens is 1890 g/mol. The number of nitrogens with one attached hydrogen (secondary N) is 5. The number of piperidine rings is 1. The minimum atomic E-state index is -0.676. The number of amides is 4. The predicted octanol–water partition coefficient (Wildman–Crippen LogP) is 21.6. The maximum Gasteiger partial charge on any atom is 0.253 e. The average molecular weight is 1990 g/mol. The second-order valence-electron chi connectivity index (χ2n) is 31.3. The lowest BCUT2D eigenvalue weighted by Gasteiger charge is -2.23. The fourth-order valence-electron chi connectivity index (χ4n) is 13.9. The normalized spacial score (nSPS) is 12.7. The molecule has 1 saturated heterocycles. The van der Waals surface area contributed by atoms with Crippen molar-refractivity contribution >= 4 is 140 Å². The highest BCUT2D eigenvalue weighted by Crippen LogP contribution is 2.43. The van der Waals surface area contributed by atoms with E-state index in [9.17, 15) is 36.7 Å². The second-order valence-corrected chi connectivity index (χ2v) is 34.4. The maximum absolute atomic E-state index is 13.9. The number of carbonyl (C=O) groups excluding carboxylic acids is 4. The van der Waals surface area contributed by atoms with Gasteiger partial charge in [-0.25, -0.2) is 37.5 Å². The quantitative estimate of drug-likeness (QED) is 0.0106. The van der Waals surface area contributed by atoms with E-state index in [4.69, 9.17) is 140 Å². The second kappa shape index (κ2) is 50.2. The van der Waals surface area contributed by atoms with Crippen molar-refractivity contribution in [1.82, 2.24) is 56.3 Å². The van der Waals surface area contributed by atoms with Gasteiger partial charge in [0.05, 0.1) is 20.1 Å². The summed E-state index contributed by atoms with van der Waals surface area (Å²) >= 11 is 49.2. The van der Waals surface area contributed by atoms with Gasteiger partial charge in [0.1, 0.15) is 47.7 Å². The van der Waals surface area contributed by atoms with Crippen molar-refractivity contribution in [2.24, 2.45) is 5.73 Å². The highest BCUT2D eigenvalue weighted by atomic mass is 35.5. The molecule has 1 fully saturated rings. The van der Waals surface area contributed by atoms with Crippen LogP contribution in [0.2, 0.25) is 40.2 Å². The maximum atomic E-state index is 13.9. The minimum absolute atomic E-state index is 0.0348. The lowest BCUT2D eigenvalue weighted by Crippen LogP contribution is -2.42. The van der Waals surface area contributed by atoms with Gasteiger partial charge in [-0.05, 0) is 257 Å². The number of hydrogen-bond acceptors (Lipinski definition) is 20. The van der Waals surface area contributed by atoms with E-state index in [0.29, 0.717) is 110 Å². The minimum Gasteiger partial charge on any atom is -0.482 e. The predicted molar refractivity (Wildman–Crippen MR) is 529 cm³/mol. The van der Waals surface area contributed by atoms with Crippen molar-refractivity contribution in [3.8, 4) is 67.5 Å². The van der Waals surface area contributed by atoms with Crippen LogP contribution in [-0.2, 0) is 0 Å². The Hall–Kier alpha value is -11.5. The van der Waals surface area contributed by atoms with Crippen molar-refractivity contribution in [2.45, 2.75) is 90.3 Å². The third-order valence-electron chi connectivity index (χ3n) is 21.3. The Labute approximate surface area is 815 Å². The van der Waals surface area contributed by atoms with Crippen molar-refractivity contribution in [2.75, 3.05) is 103 Å². The Morgan fingerprint density at radius 2 is 0.694 bits per heavy atom. The number of halogens is 12. The molecule has 0 bridgehead atoms. The standard InChI is InChI=1S/C26H29Cl2FN4O2.C25H25Cl2FN4O2.C24H25Cl2FN4O2.C23H23Cl2FN4O2/c1-16(23-20(27)10-11-21(29)24(23)28)35-22-14-19(15-31-25(22)30)17-6-8-18(9-7-17)26(34)33(4)13-5-12-32(2)3;1-14(22-19(26)6-7-20(28)23(22)27)34-21-12-17(13-31-24(21)29)15-2-4-16(5-3-15)25(33)32-18-8-10-30-11-9-18;1-14(21-18(25)8-9-19(27)22(21)26)33-20-12-17(13-31-23(20)28)15-4-6-16(7-5-15)24(32)30-11-3-10-29-2;1-13(20-17(24)7-8-18(26)21(20)25)32-19-11-16(12-30-22(19)28)14-3-5-15(6-4-14)23(31)29-10-2-9-27/h6-11,14-16H,5,12-13H2,1-4H3,(H2,30,31);2-7,12-14,18,30H,8-11H2,1H3,(H2,29,31)(H,32,33);4-9,12-14,29H,3,10-11H2,1-2H3,(H2,28,31)(H,30,32);3-8,11-13H,2,9-10,27H2,1H3,(H2,28,30)(H,29,31). The number of hydrogen-bond donors (Lipinski definition) is 10. The lowest BCUT2D eigenvalue weighted by atomic mass is 10.0. The number of nitrogens with zero attached hydrogens (tertiary/aromatic N) is 6. The molecule has 0 aliphatic carbocycles. The van der Waals surface area contributed by atoms with Gasteiger partial charge in [0.2, 0.25) is 0 Å². The van der Waals surface area contributed by atoms with E-state index in [1.807, 2.05) is 57.5 Å². The van der Waals surface area contributed by atoms with Gasteiger partial charge >= 0.3 is 0 Å². The van der Waals surface area contributed by atoms with Gasteiger partial charge in [0, 0.05) is 144 Å². The third-order valence-corrected chi connectivity index (χ3v) is 24.1. The van der Waals surface area contributed by atoms with Gasteiger partial charge in [-0.1, -0.05) is 141 Å². The SMILES string of the molecule is CC(Oc1cc(-c2ccc(C(=O)N(C)CCCN(C)C)cc2)cnc1N)c1c(Cl)ccc(F)c1Cl.CC(Oc1cc(-c2ccc(C(=O)NC3CCNCC3)cc2)cnc1N)c1c(Cl)ccc(F)c1Cl.CC(Oc1cc(-c2ccc(C(=O)NCCCN)cc2)cnc1N)c1c(Cl)ccc(F)c1Cl.CNCCCNC(=O)c1ccc(-c2cnc(N)c(OC(C)c3c(Cl)ccc(F)c3Cl)c2)cc1. The molecular formula is C98H102Cl8F4N16O8. The molecule has 4 amide bonds. The number of ether oxygens (including phenoxy) is 4. The molecule has 8 aromatic carbocycles. The fourth-order valence-corrected chi connectivity index (χ4v) is 16.6. The monoisotopic (exact) mass is 1990 g/mol. The van der Waals surface area contributed by atoms with E-state index >= 15 is 0 Å². The molecule has 13 rings (SSSR count). The molecule has 134 heavy (non-hydrogen) atoms. The van der Waals surface area contributed by atoms with Crippen LogP contribution in [0.5, 0.6) is 23.0 Å². The molecule has 24 nitrogen and oxygen atoms in total. The first-order chi connectivity index (χ1) is 64.0. The van der Waals surface area contributed by atoms with Crippen LogP contribution in [0.25, 0.3) is 44.5 Å². The molecule has 4 aromatic heterocycles. The summed E-state index contributed by atoms with van der Waals surface area (Å²) in [6.07, 6.45) is 8.09. The molecule has 4 unspecified atom stereocenters. The van der Waals surface area contributed by atoms with E-state index in [1.54, 1.807) is 149 Å². The van der Waals surface area contributed by atoms with Crippen molar-refractivity contribution in [3.63, 3.8) is 0 Å². The zero-order valence-electron chi connectivity index (χ0n) is 74.4. The number of pyridine rings is 4. The molecule has 0 spiro atoms. The first-order valence-electron chi connectivity index (χ1n) is 42.5. The molecule has 0 radical (unpaired) electrons. The van der Waals surface area contributed by atoms with Gasteiger partial charge in [0.15, 0.2) is 46.3 Å². The van der Waals surface area contributed by atoms with E-state index in [2.05, 4.69) is 51.4 Å². The van der Waals surface area contributed by atoms with Crippen molar-refractivity contribution < 1.29 is 55.7 Å². The van der Waals surface area contributed by atoms with Gasteiger partial charge in [0.25, 0.3) is 23.6 Å². The van der Waals surface area contributed by atoms with Crippen LogP contribution >= 0.6 is 92.8 Å². The molecule has 15 N–H and O–H groups in total. The highest BCUT2D eigenvalue weighted by molar-refractivity contribution is 6.38. The largest absolute Gasteiger partial charge is 0.482 e.